The first-order valence-corrected chi connectivity index (χ1v) is 9.28. The van der Waals surface area contributed by atoms with Crippen molar-refractivity contribution >= 4 is 18.0 Å². The number of carbonyl (C=O) groups is 2. The van der Waals surface area contributed by atoms with Crippen molar-refractivity contribution in [3.05, 3.63) is 77.4 Å². The standard InChI is InChI=1S/C23H23N3O4/c1-3-8-18-11-17(12-19(14-24)22(27)26-23(25)28)13-20(29-4-2)21(18)30-15-16-9-6-5-7-10-16/h3,5-7,9-13H,1,4,8,15H2,2H3,(H3,25,26,27,28)/b19-12-. The van der Waals surface area contributed by atoms with E-state index in [0.717, 1.165) is 11.1 Å². The molecule has 0 aliphatic carbocycles. The smallest absolute Gasteiger partial charge is 0.319 e. The Hall–Kier alpha value is -4.05. The average molecular weight is 405 g/mol. The normalized spacial score (nSPS) is 10.6. The van der Waals surface area contributed by atoms with Gasteiger partial charge in [0, 0.05) is 5.56 Å². The summed E-state index contributed by atoms with van der Waals surface area (Å²) in [6.07, 6.45) is 3.56. The predicted molar refractivity (Wildman–Crippen MR) is 114 cm³/mol. The fourth-order valence-electron chi connectivity index (χ4n) is 2.72. The van der Waals surface area contributed by atoms with Crippen molar-refractivity contribution in [3.8, 4) is 17.6 Å². The number of allylic oxidation sites excluding steroid dienone is 1. The summed E-state index contributed by atoms with van der Waals surface area (Å²) in [4.78, 5) is 22.9. The van der Waals surface area contributed by atoms with Crippen molar-refractivity contribution in [3.63, 3.8) is 0 Å². The predicted octanol–water partition coefficient (Wildman–Crippen LogP) is 3.49. The van der Waals surface area contributed by atoms with Crippen molar-refractivity contribution in [2.45, 2.75) is 20.0 Å². The van der Waals surface area contributed by atoms with Crippen molar-refractivity contribution in [1.29, 1.82) is 5.26 Å². The van der Waals surface area contributed by atoms with Gasteiger partial charge in [-0.3, -0.25) is 10.1 Å². The molecule has 0 unspecified atom stereocenters. The molecule has 0 aliphatic rings. The third-order valence-corrected chi connectivity index (χ3v) is 3.96. The Bertz CT molecular complexity index is 991. The fraction of sp³-hybridized carbons (Fsp3) is 0.174. The van der Waals surface area contributed by atoms with E-state index < -0.39 is 11.9 Å². The van der Waals surface area contributed by atoms with Gasteiger partial charge < -0.3 is 15.2 Å². The highest BCUT2D eigenvalue weighted by Gasteiger charge is 2.16. The quantitative estimate of drug-likeness (QED) is 0.376. The molecule has 7 heteroatoms. The summed E-state index contributed by atoms with van der Waals surface area (Å²) in [7, 11) is 0. The zero-order valence-electron chi connectivity index (χ0n) is 16.7. The number of nitrogens with two attached hydrogens (primary N) is 1. The summed E-state index contributed by atoms with van der Waals surface area (Å²) < 4.78 is 11.8. The van der Waals surface area contributed by atoms with Gasteiger partial charge in [-0.25, -0.2) is 4.79 Å². The maximum Gasteiger partial charge on any atom is 0.319 e. The molecule has 0 saturated heterocycles. The molecule has 0 aromatic heterocycles. The second kappa shape index (κ2) is 11.1. The average Bonchev–Trinajstić information content (AvgIpc) is 2.72. The molecule has 0 saturated carbocycles. The van der Waals surface area contributed by atoms with E-state index in [0.29, 0.717) is 36.7 Å². The molecule has 0 fully saturated rings. The molecule has 0 atom stereocenters. The second-order valence-corrected chi connectivity index (χ2v) is 6.20. The molecular weight excluding hydrogens is 382 g/mol. The maximum absolute atomic E-state index is 12.0. The van der Waals surface area contributed by atoms with Gasteiger partial charge in [0.15, 0.2) is 11.5 Å². The van der Waals surface area contributed by atoms with Crippen LogP contribution in [0.3, 0.4) is 0 Å². The largest absolute Gasteiger partial charge is 0.490 e. The zero-order chi connectivity index (χ0) is 21.9. The topological polar surface area (TPSA) is 114 Å². The fourth-order valence-corrected chi connectivity index (χ4v) is 2.72. The summed E-state index contributed by atoms with van der Waals surface area (Å²) in [5.74, 6) is 0.169. The number of benzene rings is 2. The van der Waals surface area contributed by atoms with E-state index in [-0.39, 0.29) is 5.57 Å². The van der Waals surface area contributed by atoms with Crippen molar-refractivity contribution < 1.29 is 19.1 Å². The van der Waals surface area contributed by atoms with Crippen LogP contribution in [0.4, 0.5) is 4.79 Å². The van der Waals surface area contributed by atoms with E-state index in [1.165, 1.54) is 6.08 Å². The van der Waals surface area contributed by atoms with Crippen molar-refractivity contribution in [2.75, 3.05) is 6.61 Å². The van der Waals surface area contributed by atoms with Gasteiger partial charge in [-0.15, -0.1) is 6.58 Å². The monoisotopic (exact) mass is 405 g/mol. The number of ether oxygens (including phenoxy) is 2. The van der Waals surface area contributed by atoms with Crippen LogP contribution in [-0.4, -0.2) is 18.5 Å². The Morgan fingerprint density at radius 1 is 1.23 bits per heavy atom. The Labute approximate surface area is 175 Å². The first-order valence-electron chi connectivity index (χ1n) is 9.28. The summed E-state index contributed by atoms with van der Waals surface area (Å²) in [6.45, 7) is 6.37. The second-order valence-electron chi connectivity index (χ2n) is 6.20. The van der Waals surface area contributed by atoms with Gasteiger partial charge in [-0.05, 0) is 42.7 Å². The van der Waals surface area contributed by atoms with Gasteiger partial charge in [0.1, 0.15) is 18.2 Å². The molecule has 30 heavy (non-hydrogen) atoms. The molecule has 3 N–H and O–H groups in total. The van der Waals surface area contributed by atoms with E-state index in [2.05, 4.69) is 6.58 Å². The van der Waals surface area contributed by atoms with Crippen LogP contribution in [0.25, 0.3) is 6.08 Å². The SMILES string of the molecule is C=CCc1cc(/C=C(/C#N)C(=O)NC(N)=O)cc(OCC)c1OCc1ccccc1. The van der Waals surface area contributed by atoms with Crippen LogP contribution in [0.2, 0.25) is 0 Å². The highest BCUT2D eigenvalue weighted by atomic mass is 16.5. The van der Waals surface area contributed by atoms with Crippen LogP contribution in [0, 0.1) is 11.3 Å². The lowest BCUT2D eigenvalue weighted by Gasteiger charge is -2.17. The highest BCUT2D eigenvalue weighted by Crippen LogP contribution is 2.35. The van der Waals surface area contributed by atoms with Crippen molar-refractivity contribution in [1.82, 2.24) is 5.32 Å². The molecule has 3 amide bonds. The van der Waals surface area contributed by atoms with Gasteiger partial charge in [0.2, 0.25) is 0 Å². The van der Waals surface area contributed by atoms with Crippen LogP contribution in [0.5, 0.6) is 11.5 Å². The number of nitrogens with one attached hydrogen (secondary N) is 1. The molecule has 0 spiro atoms. The minimum Gasteiger partial charge on any atom is -0.490 e. The number of carbonyl (C=O) groups excluding carboxylic acids is 2. The van der Waals surface area contributed by atoms with Gasteiger partial charge in [0.25, 0.3) is 5.91 Å². The lowest BCUT2D eigenvalue weighted by Crippen LogP contribution is -2.35. The Morgan fingerprint density at radius 2 is 1.97 bits per heavy atom. The Kier molecular flexibility index (Phi) is 8.21. The molecule has 0 radical (unpaired) electrons. The number of hydrogen-bond donors (Lipinski definition) is 2. The highest BCUT2D eigenvalue weighted by molar-refractivity contribution is 6.08. The maximum atomic E-state index is 12.0. The number of primary amides is 1. The van der Waals surface area contributed by atoms with E-state index in [9.17, 15) is 14.9 Å². The third-order valence-electron chi connectivity index (χ3n) is 3.96. The number of amides is 3. The van der Waals surface area contributed by atoms with E-state index in [1.807, 2.05) is 42.6 Å². The number of hydrogen-bond acceptors (Lipinski definition) is 5. The van der Waals surface area contributed by atoms with Gasteiger partial charge in [-0.2, -0.15) is 5.26 Å². The molecule has 7 nitrogen and oxygen atoms in total. The Morgan fingerprint density at radius 3 is 2.57 bits per heavy atom. The molecule has 154 valence electrons. The summed E-state index contributed by atoms with van der Waals surface area (Å²) >= 11 is 0. The van der Waals surface area contributed by atoms with Crippen LogP contribution < -0.4 is 20.5 Å². The van der Waals surface area contributed by atoms with E-state index in [1.54, 1.807) is 24.3 Å². The first-order chi connectivity index (χ1) is 14.5. The summed E-state index contributed by atoms with van der Waals surface area (Å²) in [6, 6.07) is 13.9. The molecule has 2 rings (SSSR count). The van der Waals surface area contributed by atoms with Gasteiger partial charge in [0.05, 0.1) is 6.61 Å². The van der Waals surface area contributed by atoms with Crippen LogP contribution in [-0.2, 0) is 17.8 Å². The number of rotatable bonds is 9. The number of nitrogens with zero attached hydrogens (tertiary/aromatic N) is 1. The minimum absolute atomic E-state index is 0.265. The number of imide groups is 1. The zero-order valence-corrected chi connectivity index (χ0v) is 16.7. The van der Waals surface area contributed by atoms with Crippen molar-refractivity contribution in [2.24, 2.45) is 5.73 Å². The van der Waals surface area contributed by atoms with E-state index in [4.69, 9.17) is 15.2 Å². The summed E-state index contributed by atoms with van der Waals surface area (Å²) in [5.41, 5.74) is 7.01. The molecule has 0 aliphatic heterocycles. The van der Waals surface area contributed by atoms with E-state index >= 15 is 0 Å². The van der Waals surface area contributed by atoms with Crippen LogP contribution in [0.15, 0.2) is 60.7 Å². The lowest BCUT2D eigenvalue weighted by molar-refractivity contribution is -0.115. The van der Waals surface area contributed by atoms with Gasteiger partial charge >= 0.3 is 6.03 Å². The third kappa shape index (κ3) is 6.24. The van der Waals surface area contributed by atoms with Crippen LogP contribution >= 0.6 is 0 Å². The first kappa shape index (κ1) is 22.2. The van der Waals surface area contributed by atoms with Gasteiger partial charge in [-0.1, -0.05) is 36.4 Å². The number of nitriles is 1. The molecule has 0 heterocycles. The molecule has 2 aromatic rings. The molecule has 0 bridgehead atoms. The Balaban J connectivity index is 2.44. The van der Waals surface area contributed by atoms with Crippen LogP contribution in [0.1, 0.15) is 23.6 Å². The molecular formula is C23H23N3O4. The molecule has 2 aromatic carbocycles. The minimum atomic E-state index is -1.03. The summed E-state index contributed by atoms with van der Waals surface area (Å²) in [5, 5.41) is 11.2. The lowest BCUT2D eigenvalue weighted by atomic mass is 10.0. The number of urea groups is 1.